The van der Waals surface area contributed by atoms with Gasteiger partial charge in [-0.25, -0.2) is 4.98 Å². The van der Waals surface area contributed by atoms with Gasteiger partial charge in [0, 0.05) is 29.9 Å². The van der Waals surface area contributed by atoms with Gasteiger partial charge in [-0.2, -0.15) is 0 Å². The van der Waals surface area contributed by atoms with Crippen LogP contribution in [0.1, 0.15) is 17.3 Å². The lowest BCUT2D eigenvalue weighted by molar-refractivity contribution is 0.102. The summed E-state index contributed by atoms with van der Waals surface area (Å²) in [4.78, 5) is 29.5. The highest BCUT2D eigenvalue weighted by Crippen LogP contribution is 2.34. The maximum Gasteiger partial charge on any atom is 0.265 e. The lowest BCUT2D eigenvalue weighted by atomic mass is 10.2. The first kappa shape index (κ1) is 15.2. The van der Waals surface area contributed by atoms with Crippen molar-refractivity contribution in [1.29, 1.82) is 0 Å². The Balaban J connectivity index is 1.73. The second-order valence-corrected chi connectivity index (χ2v) is 5.55. The number of aromatic nitrogens is 2. The largest absolute Gasteiger partial charge is 0.454 e. The van der Waals surface area contributed by atoms with Crippen molar-refractivity contribution in [3.05, 3.63) is 58.5 Å². The number of ether oxygens (including phenoxy) is 2. The molecule has 7 heteroatoms. The van der Waals surface area contributed by atoms with Crippen molar-refractivity contribution in [3.63, 3.8) is 0 Å². The Morgan fingerprint density at radius 1 is 1.24 bits per heavy atom. The fourth-order valence-corrected chi connectivity index (χ4v) is 2.84. The van der Waals surface area contributed by atoms with Gasteiger partial charge >= 0.3 is 0 Å². The molecule has 0 bridgehead atoms. The van der Waals surface area contributed by atoms with Gasteiger partial charge in [-0.3, -0.25) is 14.2 Å². The second-order valence-electron chi connectivity index (χ2n) is 5.55. The van der Waals surface area contributed by atoms with Crippen molar-refractivity contribution in [2.24, 2.45) is 0 Å². The summed E-state index contributed by atoms with van der Waals surface area (Å²) in [6, 6.07) is 10.2. The molecule has 0 unspecified atom stereocenters. The zero-order valence-corrected chi connectivity index (χ0v) is 13.5. The SMILES string of the molecule is CCn1c(=O)c(C(=O)Nc2ccc3c(c2)OCO3)cc2cccnc21. The Morgan fingerprint density at radius 2 is 2.08 bits per heavy atom. The number of pyridine rings is 2. The smallest absolute Gasteiger partial charge is 0.265 e. The van der Waals surface area contributed by atoms with E-state index in [1.54, 1.807) is 36.5 Å². The summed E-state index contributed by atoms with van der Waals surface area (Å²) >= 11 is 0. The minimum atomic E-state index is -0.475. The molecule has 3 heterocycles. The van der Waals surface area contributed by atoms with Crippen LogP contribution in [0.3, 0.4) is 0 Å². The molecule has 0 saturated heterocycles. The highest BCUT2D eigenvalue weighted by atomic mass is 16.7. The molecule has 0 atom stereocenters. The molecule has 25 heavy (non-hydrogen) atoms. The number of fused-ring (bicyclic) bond motifs is 2. The monoisotopic (exact) mass is 337 g/mol. The summed E-state index contributed by atoms with van der Waals surface area (Å²) in [6.45, 7) is 2.43. The third-order valence-corrected chi connectivity index (χ3v) is 4.04. The predicted octanol–water partition coefficient (Wildman–Crippen LogP) is 2.40. The number of benzene rings is 1. The topological polar surface area (TPSA) is 82.5 Å². The average Bonchev–Trinajstić information content (AvgIpc) is 3.09. The fraction of sp³-hybridized carbons (Fsp3) is 0.167. The molecule has 7 nitrogen and oxygen atoms in total. The number of carbonyl (C=O) groups excluding carboxylic acids is 1. The van der Waals surface area contributed by atoms with Crippen molar-refractivity contribution in [2.45, 2.75) is 13.5 Å². The normalized spacial score (nSPS) is 12.4. The molecule has 0 spiro atoms. The molecular weight excluding hydrogens is 322 g/mol. The Morgan fingerprint density at radius 3 is 2.92 bits per heavy atom. The van der Waals surface area contributed by atoms with Crippen LogP contribution >= 0.6 is 0 Å². The van der Waals surface area contributed by atoms with Gasteiger partial charge in [0.1, 0.15) is 11.2 Å². The average molecular weight is 337 g/mol. The Labute approximate surface area is 142 Å². The van der Waals surface area contributed by atoms with E-state index >= 15 is 0 Å². The molecule has 1 N–H and O–H groups in total. The summed E-state index contributed by atoms with van der Waals surface area (Å²) in [5.41, 5.74) is 0.796. The van der Waals surface area contributed by atoms with Crippen LogP contribution in [0.15, 0.2) is 47.4 Å². The Kier molecular flexibility index (Phi) is 3.61. The number of carbonyl (C=O) groups is 1. The summed E-state index contributed by atoms with van der Waals surface area (Å²) < 4.78 is 12.0. The van der Waals surface area contributed by atoms with E-state index in [0.717, 1.165) is 5.39 Å². The van der Waals surface area contributed by atoms with E-state index in [-0.39, 0.29) is 17.9 Å². The fourth-order valence-electron chi connectivity index (χ4n) is 2.84. The summed E-state index contributed by atoms with van der Waals surface area (Å²) in [7, 11) is 0. The van der Waals surface area contributed by atoms with Crippen LogP contribution in [0.2, 0.25) is 0 Å². The van der Waals surface area contributed by atoms with E-state index < -0.39 is 5.91 Å². The first-order valence-corrected chi connectivity index (χ1v) is 7.87. The van der Waals surface area contributed by atoms with Gasteiger partial charge in [-0.1, -0.05) is 0 Å². The minimum Gasteiger partial charge on any atom is -0.454 e. The van der Waals surface area contributed by atoms with Crippen molar-refractivity contribution in [1.82, 2.24) is 9.55 Å². The predicted molar refractivity (Wildman–Crippen MR) is 92.2 cm³/mol. The molecule has 1 aliphatic rings. The van der Waals surface area contributed by atoms with Gasteiger partial charge < -0.3 is 14.8 Å². The van der Waals surface area contributed by atoms with E-state index in [1.807, 2.05) is 13.0 Å². The van der Waals surface area contributed by atoms with Crippen LogP contribution < -0.4 is 20.3 Å². The van der Waals surface area contributed by atoms with Crippen LogP contribution in [-0.2, 0) is 6.54 Å². The number of amides is 1. The molecule has 2 aromatic heterocycles. The second kappa shape index (κ2) is 5.94. The van der Waals surface area contributed by atoms with Gasteiger partial charge in [0.2, 0.25) is 6.79 Å². The number of hydrogen-bond acceptors (Lipinski definition) is 5. The molecule has 1 aliphatic heterocycles. The highest BCUT2D eigenvalue weighted by Gasteiger charge is 2.18. The van der Waals surface area contributed by atoms with Crippen molar-refractivity contribution < 1.29 is 14.3 Å². The van der Waals surface area contributed by atoms with Gasteiger partial charge in [0.15, 0.2) is 11.5 Å². The van der Waals surface area contributed by atoms with Crippen LogP contribution in [0.5, 0.6) is 11.5 Å². The highest BCUT2D eigenvalue weighted by molar-refractivity contribution is 6.05. The van der Waals surface area contributed by atoms with Gasteiger partial charge in [-0.15, -0.1) is 0 Å². The van der Waals surface area contributed by atoms with Gasteiger partial charge in [0.25, 0.3) is 11.5 Å². The molecule has 4 rings (SSSR count). The summed E-state index contributed by atoms with van der Waals surface area (Å²) in [6.07, 6.45) is 1.63. The molecule has 0 aliphatic carbocycles. The third-order valence-electron chi connectivity index (χ3n) is 4.04. The van der Waals surface area contributed by atoms with E-state index in [2.05, 4.69) is 10.3 Å². The summed E-state index contributed by atoms with van der Waals surface area (Å²) in [5.74, 6) is 0.714. The zero-order chi connectivity index (χ0) is 17.4. The van der Waals surface area contributed by atoms with Crippen LogP contribution in [0.25, 0.3) is 11.0 Å². The molecule has 0 fully saturated rings. The maximum atomic E-state index is 12.7. The Bertz CT molecular complexity index is 1040. The van der Waals surface area contributed by atoms with E-state index in [4.69, 9.17) is 9.47 Å². The van der Waals surface area contributed by atoms with Gasteiger partial charge in [-0.05, 0) is 37.3 Å². The number of hydrogen-bond donors (Lipinski definition) is 1. The molecule has 0 radical (unpaired) electrons. The standard InChI is InChI=1S/C18H15N3O4/c1-2-21-16-11(4-3-7-19-16)8-13(18(21)23)17(22)20-12-5-6-14-15(9-12)25-10-24-14/h3-9H,2,10H2,1H3,(H,20,22). The van der Waals surface area contributed by atoms with E-state index in [9.17, 15) is 9.59 Å². The number of nitrogens with zero attached hydrogens (tertiary/aromatic N) is 2. The first-order valence-electron chi connectivity index (χ1n) is 7.87. The molecule has 3 aromatic rings. The molecule has 1 amide bonds. The minimum absolute atomic E-state index is 0.0695. The molecule has 0 saturated carbocycles. The molecule has 1 aromatic carbocycles. The van der Waals surface area contributed by atoms with E-state index in [1.165, 1.54) is 4.57 Å². The van der Waals surface area contributed by atoms with Crippen LogP contribution in [0.4, 0.5) is 5.69 Å². The third kappa shape index (κ3) is 2.59. The van der Waals surface area contributed by atoms with Crippen LogP contribution in [0, 0.1) is 0 Å². The maximum absolute atomic E-state index is 12.7. The van der Waals surface area contributed by atoms with E-state index in [0.29, 0.717) is 29.4 Å². The first-order chi connectivity index (χ1) is 12.2. The van der Waals surface area contributed by atoms with Crippen molar-refractivity contribution in [2.75, 3.05) is 12.1 Å². The van der Waals surface area contributed by atoms with Crippen molar-refractivity contribution in [3.8, 4) is 11.5 Å². The number of rotatable bonds is 3. The molecular formula is C18H15N3O4. The zero-order valence-electron chi connectivity index (χ0n) is 13.5. The van der Waals surface area contributed by atoms with Crippen molar-refractivity contribution >= 4 is 22.6 Å². The number of aryl methyl sites for hydroxylation is 1. The lowest BCUT2D eigenvalue weighted by Crippen LogP contribution is -2.29. The number of anilines is 1. The molecule has 126 valence electrons. The Hall–Kier alpha value is -3.35. The quantitative estimate of drug-likeness (QED) is 0.793. The van der Waals surface area contributed by atoms with Gasteiger partial charge in [0.05, 0.1) is 0 Å². The summed E-state index contributed by atoms with van der Waals surface area (Å²) in [5, 5.41) is 3.47. The van der Waals surface area contributed by atoms with Crippen LogP contribution in [-0.4, -0.2) is 22.3 Å². The lowest BCUT2D eigenvalue weighted by Gasteiger charge is -2.10. The number of nitrogens with one attached hydrogen (secondary N) is 1.